The molecule has 0 spiro atoms. The number of carbonyl (C=O) groups excluding carboxylic acids is 1. The molecule has 2 heterocycles. The van der Waals surface area contributed by atoms with Crippen LogP contribution in [0.2, 0.25) is 0 Å². The van der Waals surface area contributed by atoms with Gasteiger partial charge in [0.05, 0.1) is 18.6 Å². The molecule has 10 heteroatoms. The number of ether oxygens (including phenoxy) is 3. The Hall–Kier alpha value is -3.44. The van der Waals surface area contributed by atoms with Crippen molar-refractivity contribution in [1.82, 2.24) is 0 Å². The number of aliphatic hydroxyl groups excluding tert-OH is 3. The summed E-state index contributed by atoms with van der Waals surface area (Å²) >= 11 is 0. The Morgan fingerprint density at radius 3 is 2.50 bits per heavy atom. The van der Waals surface area contributed by atoms with Gasteiger partial charge in [-0.05, 0) is 17.7 Å². The van der Waals surface area contributed by atoms with Crippen molar-refractivity contribution in [2.24, 2.45) is 11.7 Å². The molecule has 0 bridgehead atoms. The summed E-state index contributed by atoms with van der Waals surface area (Å²) in [7, 11) is 0. The molecule has 0 aliphatic carbocycles. The number of fused-ring (bicyclic) bond motifs is 1. The lowest BCUT2D eigenvalue weighted by molar-refractivity contribution is -0.260. The highest BCUT2D eigenvalue weighted by Gasteiger charge is 2.46. The van der Waals surface area contributed by atoms with Crippen molar-refractivity contribution in [2.75, 3.05) is 6.61 Å². The van der Waals surface area contributed by atoms with E-state index < -0.39 is 48.7 Å². The zero-order valence-electron chi connectivity index (χ0n) is 18.1. The van der Waals surface area contributed by atoms with E-state index in [-0.39, 0.29) is 30.1 Å². The van der Waals surface area contributed by atoms with Crippen LogP contribution in [0.25, 0.3) is 11.0 Å². The SMILES string of the molecule is NC(=O)C[C@@H]1[C@H](Oc2cc3ccc(=O)oc3cc2OCc2ccccc2)O[C@H](CO)[C@@H](O)[C@@H]1O. The second-order valence-electron chi connectivity index (χ2n) is 8.02. The molecule has 0 saturated carbocycles. The largest absolute Gasteiger partial charge is 0.485 e. The Balaban J connectivity index is 1.69. The smallest absolute Gasteiger partial charge is 0.336 e. The van der Waals surface area contributed by atoms with Gasteiger partial charge in [-0.3, -0.25) is 4.79 Å². The number of nitrogens with two attached hydrogens (primary N) is 1. The maximum absolute atomic E-state index is 11.7. The van der Waals surface area contributed by atoms with Crippen molar-refractivity contribution in [3.8, 4) is 11.5 Å². The van der Waals surface area contributed by atoms with E-state index in [9.17, 15) is 24.9 Å². The van der Waals surface area contributed by atoms with Crippen molar-refractivity contribution in [2.45, 2.75) is 37.6 Å². The van der Waals surface area contributed by atoms with Gasteiger partial charge in [-0.25, -0.2) is 4.79 Å². The maximum Gasteiger partial charge on any atom is 0.336 e. The first-order chi connectivity index (χ1) is 16.4. The van der Waals surface area contributed by atoms with Gasteiger partial charge in [0.1, 0.15) is 24.4 Å². The van der Waals surface area contributed by atoms with E-state index in [1.807, 2.05) is 30.3 Å². The molecule has 2 aromatic carbocycles. The van der Waals surface area contributed by atoms with Crippen LogP contribution in [-0.4, -0.2) is 52.4 Å². The van der Waals surface area contributed by atoms with Crippen LogP contribution in [0.15, 0.2) is 63.8 Å². The summed E-state index contributed by atoms with van der Waals surface area (Å²) in [5, 5.41) is 30.9. The quantitative estimate of drug-likeness (QED) is 0.346. The highest BCUT2D eigenvalue weighted by Crippen LogP contribution is 2.37. The summed E-state index contributed by atoms with van der Waals surface area (Å²) in [4.78, 5) is 23.3. The Bertz CT molecular complexity index is 1200. The monoisotopic (exact) mass is 471 g/mol. The van der Waals surface area contributed by atoms with E-state index in [4.69, 9.17) is 24.4 Å². The summed E-state index contributed by atoms with van der Waals surface area (Å²) in [5.74, 6) is -1.34. The molecule has 4 rings (SSSR count). The molecule has 1 aromatic heterocycles. The van der Waals surface area contributed by atoms with E-state index in [1.54, 1.807) is 12.1 Å². The van der Waals surface area contributed by atoms with Crippen molar-refractivity contribution < 1.29 is 38.7 Å². The second kappa shape index (κ2) is 10.2. The average molecular weight is 471 g/mol. The van der Waals surface area contributed by atoms with Crippen LogP contribution in [0, 0.1) is 5.92 Å². The lowest BCUT2D eigenvalue weighted by Crippen LogP contribution is -2.57. The number of hydrogen-bond donors (Lipinski definition) is 4. The van der Waals surface area contributed by atoms with Crippen LogP contribution >= 0.6 is 0 Å². The molecule has 180 valence electrons. The fourth-order valence-corrected chi connectivity index (χ4v) is 3.84. The molecular formula is C24H25NO9. The van der Waals surface area contributed by atoms with Crippen LogP contribution in [0.1, 0.15) is 12.0 Å². The van der Waals surface area contributed by atoms with Crippen molar-refractivity contribution in [1.29, 1.82) is 0 Å². The topological polar surface area (TPSA) is 162 Å². The lowest BCUT2D eigenvalue weighted by atomic mass is 9.88. The number of hydrogen-bond acceptors (Lipinski definition) is 9. The first-order valence-electron chi connectivity index (χ1n) is 10.7. The van der Waals surface area contributed by atoms with Crippen molar-refractivity contribution in [3.05, 3.63) is 70.6 Å². The second-order valence-corrected chi connectivity index (χ2v) is 8.02. The van der Waals surface area contributed by atoms with Crippen LogP contribution in [0.3, 0.4) is 0 Å². The van der Waals surface area contributed by atoms with Gasteiger partial charge in [0.15, 0.2) is 11.5 Å². The van der Waals surface area contributed by atoms with Gasteiger partial charge >= 0.3 is 5.63 Å². The summed E-state index contributed by atoms with van der Waals surface area (Å²) in [6, 6.07) is 15.2. The predicted octanol–water partition coefficient (Wildman–Crippen LogP) is 0.681. The molecule has 1 aliphatic heterocycles. The van der Waals surface area contributed by atoms with Crippen LogP contribution in [-0.2, 0) is 16.1 Å². The van der Waals surface area contributed by atoms with E-state index >= 15 is 0 Å². The predicted molar refractivity (Wildman–Crippen MR) is 119 cm³/mol. The summed E-state index contributed by atoms with van der Waals surface area (Å²) in [6.45, 7) is -0.405. The third kappa shape index (κ3) is 5.20. The van der Waals surface area contributed by atoms with Crippen molar-refractivity contribution in [3.63, 3.8) is 0 Å². The fraction of sp³-hybridized carbons (Fsp3) is 0.333. The van der Waals surface area contributed by atoms with E-state index in [2.05, 4.69) is 0 Å². The minimum atomic E-state index is -1.44. The first-order valence-corrected chi connectivity index (χ1v) is 10.7. The van der Waals surface area contributed by atoms with Crippen LogP contribution in [0.5, 0.6) is 11.5 Å². The highest BCUT2D eigenvalue weighted by molar-refractivity contribution is 5.80. The molecule has 1 fully saturated rings. The number of carbonyl (C=O) groups is 1. The van der Waals surface area contributed by atoms with Gasteiger partial charge in [-0.1, -0.05) is 30.3 Å². The zero-order valence-corrected chi connectivity index (χ0v) is 18.1. The van der Waals surface area contributed by atoms with Crippen LogP contribution < -0.4 is 20.8 Å². The normalized spacial score (nSPS) is 24.6. The van der Waals surface area contributed by atoms with E-state index in [0.29, 0.717) is 5.39 Å². The van der Waals surface area contributed by atoms with Gasteiger partial charge in [0.2, 0.25) is 12.2 Å². The Labute approximate surface area is 194 Å². The Morgan fingerprint density at radius 2 is 1.79 bits per heavy atom. The first kappa shape index (κ1) is 23.7. The summed E-state index contributed by atoms with van der Waals surface area (Å²) in [5.41, 5.74) is 5.94. The van der Waals surface area contributed by atoms with Crippen molar-refractivity contribution >= 4 is 16.9 Å². The standard InChI is InChI=1S/C24H25NO9/c25-20(27)9-15-22(29)23(30)19(11-26)34-24(15)33-18-8-14-6-7-21(28)32-16(14)10-17(18)31-12-13-4-2-1-3-5-13/h1-8,10,15,19,22-24,26,29-30H,9,11-12H2,(H2,25,27)/t15-,19+,22+,23+,24+/m0/s1. The number of amides is 1. The molecule has 0 unspecified atom stereocenters. The molecule has 5 atom stereocenters. The summed E-state index contributed by atoms with van der Waals surface area (Å²) < 4.78 is 22.9. The molecule has 1 aliphatic rings. The molecule has 10 nitrogen and oxygen atoms in total. The Morgan fingerprint density at radius 1 is 1.03 bits per heavy atom. The third-order valence-corrected chi connectivity index (χ3v) is 5.61. The minimum absolute atomic E-state index is 0.177. The Kier molecular flexibility index (Phi) is 7.13. The van der Waals surface area contributed by atoms with E-state index in [0.717, 1.165) is 5.56 Å². The van der Waals surface area contributed by atoms with Crippen LogP contribution in [0.4, 0.5) is 0 Å². The number of primary amides is 1. The van der Waals surface area contributed by atoms with Gasteiger partial charge in [0, 0.05) is 23.9 Å². The average Bonchev–Trinajstić information content (AvgIpc) is 2.82. The minimum Gasteiger partial charge on any atom is -0.485 e. The third-order valence-electron chi connectivity index (χ3n) is 5.61. The molecule has 3 aromatic rings. The fourth-order valence-electron chi connectivity index (χ4n) is 3.84. The van der Waals surface area contributed by atoms with Gasteiger partial charge in [-0.15, -0.1) is 0 Å². The van der Waals surface area contributed by atoms with E-state index in [1.165, 1.54) is 12.1 Å². The highest BCUT2D eigenvalue weighted by atomic mass is 16.7. The number of rotatable bonds is 8. The molecule has 34 heavy (non-hydrogen) atoms. The van der Waals surface area contributed by atoms with Gasteiger partial charge in [0.25, 0.3) is 0 Å². The molecule has 5 N–H and O–H groups in total. The van der Waals surface area contributed by atoms with Gasteiger partial charge in [-0.2, -0.15) is 0 Å². The molecule has 1 saturated heterocycles. The lowest BCUT2D eigenvalue weighted by Gasteiger charge is -2.41. The summed E-state index contributed by atoms with van der Waals surface area (Å²) in [6.07, 6.45) is -5.58. The molecule has 0 radical (unpaired) electrons. The number of aliphatic hydroxyl groups is 3. The molecule has 1 amide bonds. The van der Waals surface area contributed by atoms with Gasteiger partial charge < -0.3 is 39.7 Å². The maximum atomic E-state index is 11.7. The molecular weight excluding hydrogens is 446 g/mol. The zero-order chi connectivity index (χ0) is 24.2. The number of benzene rings is 2.